The molecule has 0 radical (unpaired) electrons. The van der Waals surface area contributed by atoms with Crippen LogP contribution in [0.4, 0.5) is 11.6 Å². The highest BCUT2D eigenvalue weighted by Gasteiger charge is 2.26. The summed E-state index contributed by atoms with van der Waals surface area (Å²) in [4.78, 5) is 19.8. The van der Waals surface area contributed by atoms with Gasteiger partial charge in [-0.05, 0) is 56.1 Å². The number of fused-ring (bicyclic) bond motifs is 5. The Hall–Kier alpha value is -1.99. The van der Waals surface area contributed by atoms with Gasteiger partial charge < -0.3 is 15.1 Å². The molecule has 1 saturated heterocycles. The quantitative estimate of drug-likeness (QED) is 0.595. The fourth-order valence-electron chi connectivity index (χ4n) is 4.98. The third-order valence-electron chi connectivity index (χ3n) is 6.50. The van der Waals surface area contributed by atoms with Crippen LogP contribution in [0.2, 0.25) is 0 Å². The van der Waals surface area contributed by atoms with E-state index in [-0.39, 0.29) is 0 Å². The zero-order valence-corrected chi connectivity index (χ0v) is 19.1. The molecule has 0 saturated carbocycles. The molecule has 0 spiro atoms. The Morgan fingerprint density at radius 2 is 1.83 bits per heavy atom. The summed E-state index contributed by atoms with van der Waals surface area (Å²) in [6.45, 7) is 4.39. The monoisotopic (exact) mass is 425 g/mol. The van der Waals surface area contributed by atoms with E-state index in [1.54, 1.807) is 17.7 Å². The van der Waals surface area contributed by atoms with Crippen LogP contribution in [0, 0.1) is 0 Å². The predicted octanol–water partition coefficient (Wildman–Crippen LogP) is 3.06. The Bertz CT molecular complexity index is 1040. The van der Waals surface area contributed by atoms with Crippen LogP contribution >= 0.6 is 11.3 Å². The molecule has 3 aromatic heterocycles. The van der Waals surface area contributed by atoms with E-state index in [1.807, 2.05) is 0 Å². The van der Waals surface area contributed by atoms with Gasteiger partial charge in [0.1, 0.15) is 22.8 Å². The lowest BCUT2D eigenvalue weighted by Crippen LogP contribution is -3.05. The van der Waals surface area contributed by atoms with Crippen LogP contribution in [0.3, 0.4) is 0 Å². The van der Waals surface area contributed by atoms with Crippen molar-refractivity contribution in [3.8, 4) is 0 Å². The summed E-state index contributed by atoms with van der Waals surface area (Å²) in [5.74, 6) is 2.24. The Morgan fingerprint density at radius 3 is 2.63 bits per heavy atom. The van der Waals surface area contributed by atoms with Crippen molar-refractivity contribution in [2.24, 2.45) is 0 Å². The number of rotatable bonds is 6. The number of quaternary nitrogens is 1. The van der Waals surface area contributed by atoms with Gasteiger partial charge in [-0.3, -0.25) is 0 Å². The molecular weight excluding hydrogens is 392 g/mol. The summed E-state index contributed by atoms with van der Waals surface area (Å²) >= 11 is 1.77. The van der Waals surface area contributed by atoms with Gasteiger partial charge in [-0.15, -0.1) is 11.3 Å². The Kier molecular flexibility index (Phi) is 5.74. The van der Waals surface area contributed by atoms with Gasteiger partial charge in [0, 0.05) is 31.4 Å². The molecule has 0 atom stereocenters. The van der Waals surface area contributed by atoms with E-state index in [2.05, 4.69) is 29.3 Å². The lowest BCUT2D eigenvalue weighted by molar-refractivity contribution is -0.858. The smallest absolute Gasteiger partial charge is 0.147 e. The molecule has 4 heterocycles. The van der Waals surface area contributed by atoms with Crippen LogP contribution in [-0.2, 0) is 12.8 Å². The number of anilines is 2. The highest BCUT2D eigenvalue weighted by Crippen LogP contribution is 2.42. The second kappa shape index (κ2) is 8.63. The van der Waals surface area contributed by atoms with Crippen LogP contribution in [0.1, 0.15) is 49.7 Å². The number of aryl methyl sites for hydroxylation is 1. The Balaban J connectivity index is 1.58. The van der Waals surface area contributed by atoms with E-state index >= 15 is 0 Å². The molecule has 160 valence electrons. The first-order valence-corrected chi connectivity index (χ1v) is 12.4. The van der Waals surface area contributed by atoms with Crippen molar-refractivity contribution in [3.05, 3.63) is 17.5 Å². The van der Waals surface area contributed by atoms with Gasteiger partial charge in [-0.1, -0.05) is 0 Å². The van der Waals surface area contributed by atoms with Crippen molar-refractivity contribution in [1.82, 2.24) is 15.0 Å². The Morgan fingerprint density at radius 1 is 1.03 bits per heavy atom. The number of aromatic nitrogens is 3. The molecule has 6 nitrogen and oxygen atoms in total. The lowest BCUT2D eigenvalue weighted by atomic mass is 9.89. The minimum atomic E-state index is 0.941. The first kappa shape index (κ1) is 19.9. The Labute approximate surface area is 182 Å². The molecule has 1 aliphatic heterocycles. The highest BCUT2D eigenvalue weighted by molar-refractivity contribution is 7.26. The van der Waals surface area contributed by atoms with Gasteiger partial charge >= 0.3 is 0 Å². The maximum Gasteiger partial charge on any atom is 0.147 e. The van der Waals surface area contributed by atoms with Gasteiger partial charge in [0.25, 0.3) is 0 Å². The van der Waals surface area contributed by atoms with Crippen molar-refractivity contribution >= 4 is 43.4 Å². The van der Waals surface area contributed by atoms with Gasteiger partial charge in [-0.2, -0.15) is 0 Å². The van der Waals surface area contributed by atoms with Crippen LogP contribution in [0.25, 0.3) is 20.4 Å². The molecule has 0 amide bonds. The third-order valence-corrected chi connectivity index (χ3v) is 7.58. The number of thiophene rings is 1. The van der Waals surface area contributed by atoms with Crippen molar-refractivity contribution in [3.63, 3.8) is 0 Å². The normalized spacial score (nSPS) is 17.1. The zero-order chi connectivity index (χ0) is 20.5. The average molecular weight is 426 g/mol. The average Bonchev–Trinajstić information content (AvgIpc) is 3.16. The molecule has 0 aromatic carbocycles. The molecule has 1 fully saturated rings. The number of nitrogens with one attached hydrogen (secondary N) is 2. The molecule has 0 bridgehead atoms. The second-order valence-corrected chi connectivity index (χ2v) is 10.1. The maximum atomic E-state index is 5.26. The summed E-state index contributed by atoms with van der Waals surface area (Å²) in [7, 11) is 4.40. The number of hydrogen-bond acceptors (Lipinski definition) is 6. The summed E-state index contributed by atoms with van der Waals surface area (Å²) < 4.78 is 1.17. The summed E-state index contributed by atoms with van der Waals surface area (Å²) in [5, 5.41) is 4.87. The minimum Gasteiger partial charge on any atom is -0.369 e. The molecule has 2 aliphatic rings. The van der Waals surface area contributed by atoms with E-state index < -0.39 is 0 Å². The summed E-state index contributed by atoms with van der Waals surface area (Å²) in [6.07, 6.45) is 11.6. The first-order chi connectivity index (χ1) is 14.7. The molecule has 30 heavy (non-hydrogen) atoms. The fourth-order valence-corrected chi connectivity index (χ4v) is 6.10. The van der Waals surface area contributed by atoms with Crippen LogP contribution in [-0.4, -0.2) is 55.2 Å². The van der Waals surface area contributed by atoms with Crippen molar-refractivity contribution in [1.29, 1.82) is 0 Å². The summed E-state index contributed by atoms with van der Waals surface area (Å²) in [6, 6.07) is 0. The molecule has 2 N–H and O–H groups in total. The SMILES string of the molecule is C[NH+](C)CCCNc1ncnc2c1sc1nc(N3CCCCC3)c3c(c12)CCCC3. The molecule has 5 rings (SSSR count). The number of piperidine rings is 1. The van der Waals surface area contributed by atoms with Crippen molar-refractivity contribution in [2.75, 3.05) is 50.5 Å². The van der Waals surface area contributed by atoms with Crippen LogP contribution in [0.15, 0.2) is 6.33 Å². The second-order valence-electron chi connectivity index (χ2n) is 9.07. The minimum absolute atomic E-state index is 0.941. The number of hydrogen-bond donors (Lipinski definition) is 2. The topological polar surface area (TPSA) is 58.4 Å². The summed E-state index contributed by atoms with van der Waals surface area (Å²) in [5.41, 5.74) is 4.11. The standard InChI is InChI=1S/C23H32N6S/c1-28(2)12-8-11-24-21-20-19(25-15-26-21)18-16-9-4-5-10-17(16)22(27-23(18)30-20)29-13-6-3-7-14-29/h15H,3-14H2,1-2H3,(H,24,25,26)/p+1. The van der Waals surface area contributed by atoms with Gasteiger partial charge in [-0.25, -0.2) is 15.0 Å². The first-order valence-electron chi connectivity index (χ1n) is 11.6. The zero-order valence-electron chi connectivity index (χ0n) is 18.3. The van der Waals surface area contributed by atoms with E-state index in [4.69, 9.17) is 9.97 Å². The fraction of sp³-hybridized carbons (Fsp3) is 0.609. The molecule has 7 heteroatoms. The maximum absolute atomic E-state index is 5.26. The van der Waals surface area contributed by atoms with E-state index in [1.165, 1.54) is 64.0 Å². The van der Waals surface area contributed by atoms with Gasteiger partial charge in [0.05, 0.1) is 30.9 Å². The molecule has 0 unspecified atom stereocenters. The molecule has 1 aliphatic carbocycles. The predicted molar refractivity (Wildman–Crippen MR) is 126 cm³/mol. The largest absolute Gasteiger partial charge is 0.369 e. The lowest BCUT2D eigenvalue weighted by Gasteiger charge is -2.31. The highest BCUT2D eigenvalue weighted by atomic mass is 32.1. The van der Waals surface area contributed by atoms with E-state index in [0.717, 1.165) is 61.6 Å². The van der Waals surface area contributed by atoms with Crippen LogP contribution < -0.4 is 15.1 Å². The molecule has 3 aromatic rings. The number of nitrogens with zero attached hydrogens (tertiary/aromatic N) is 4. The van der Waals surface area contributed by atoms with E-state index in [0.29, 0.717) is 0 Å². The van der Waals surface area contributed by atoms with Gasteiger partial charge in [0.2, 0.25) is 0 Å². The van der Waals surface area contributed by atoms with Crippen LogP contribution in [0.5, 0.6) is 0 Å². The van der Waals surface area contributed by atoms with Gasteiger partial charge in [0.15, 0.2) is 0 Å². The number of pyridine rings is 1. The third kappa shape index (κ3) is 3.73. The molecular formula is C23H33N6S+. The van der Waals surface area contributed by atoms with Crippen molar-refractivity contribution < 1.29 is 4.90 Å². The van der Waals surface area contributed by atoms with E-state index in [9.17, 15) is 0 Å². The van der Waals surface area contributed by atoms with Crippen molar-refractivity contribution in [2.45, 2.75) is 51.4 Å².